The van der Waals surface area contributed by atoms with Crippen molar-refractivity contribution in [2.24, 2.45) is 0 Å². The molecule has 7 heteroatoms. The second-order valence-electron chi connectivity index (χ2n) is 7.48. The van der Waals surface area contributed by atoms with E-state index >= 15 is 0 Å². The monoisotopic (exact) mass is 371 g/mol. The number of benzene rings is 1. The van der Waals surface area contributed by atoms with Gasteiger partial charge in [0.25, 0.3) is 0 Å². The van der Waals surface area contributed by atoms with Crippen molar-refractivity contribution in [1.82, 2.24) is 25.1 Å². The quantitative estimate of drug-likeness (QED) is 0.723. The van der Waals surface area contributed by atoms with Gasteiger partial charge in [-0.05, 0) is 29.9 Å². The fourth-order valence-corrected chi connectivity index (χ4v) is 3.56. The molecule has 6 nitrogen and oxygen atoms in total. The van der Waals surface area contributed by atoms with Gasteiger partial charge in [0.15, 0.2) is 5.82 Å². The third-order valence-corrected chi connectivity index (χ3v) is 5.27. The molecule has 0 fully saturated rings. The van der Waals surface area contributed by atoms with E-state index in [4.69, 9.17) is 0 Å². The maximum atomic E-state index is 12.1. The van der Waals surface area contributed by atoms with E-state index < -0.39 is 0 Å². The zero-order valence-electron chi connectivity index (χ0n) is 15.7. The summed E-state index contributed by atoms with van der Waals surface area (Å²) in [4.78, 5) is 12.8. The second kappa shape index (κ2) is 7.53. The van der Waals surface area contributed by atoms with Crippen molar-refractivity contribution in [2.45, 2.75) is 52.4 Å². The predicted molar refractivity (Wildman–Crippen MR) is 104 cm³/mol. The van der Waals surface area contributed by atoms with Crippen molar-refractivity contribution in [3.8, 4) is 0 Å². The molecular formula is C19H25N5OS. The Kier molecular flexibility index (Phi) is 5.36. The fraction of sp³-hybridized carbons (Fsp3) is 0.474. The van der Waals surface area contributed by atoms with Crippen LogP contribution < -0.4 is 5.32 Å². The molecule has 0 bridgehead atoms. The van der Waals surface area contributed by atoms with Crippen LogP contribution in [0.3, 0.4) is 0 Å². The minimum absolute atomic E-state index is 0.0732. The Morgan fingerprint density at radius 3 is 2.54 bits per heavy atom. The maximum Gasteiger partial charge on any atom is 0.234 e. The minimum Gasteiger partial charge on any atom is -0.356 e. The van der Waals surface area contributed by atoms with Crippen LogP contribution in [0.5, 0.6) is 0 Å². The second-order valence-corrected chi connectivity index (χ2v) is 8.52. The van der Waals surface area contributed by atoms with E-state index in [0.717, 1.165) is 22.2 Å². The normalized spacial score (nSPS) is 11.8. The highest BCUT2D eigenvalue weighted by Gasteiger charge is 2.13. The average Bonchev–Trinajstić information content (AvgIpc) is 3.14. The lowest BCUT2D eigenvalue weighted by atomic mass is 9.86. The summed E-state index contributed by atoms with van der Waals surface area (Å²) in [6.45, 7) is 9.07. The van der Waals surface area contributed by atoms with Crippen LogP contribution in [0, 0.1) is 6.92 Å². The summed E-state index contributed by atoms with van der Waals surface area (Å²) in [5, 5.41) is 16.4. The third kappa shape index (κ3) is 4.46. The van der Waals surface area contributed by atoms with Crippen LogP contribution in [0.2, 0.25) is 0 Å². The van der Waals surface area contributed by atoms with Gasteiger partial charge in [0.05, 0.1) is 0 Å². The summed E-state index contributed by atoms with van der Waals surface area (Å²) in [7, 11) is 0. The topological polar surface area (TPSA) is 72.2 Å². The number of carbonyl (C=O) groups is 1. The summed E-state index contributed by atoms with van der Waals surface area (Å²) in [5.74, 6) is 0.855. The van der Waals surface area contributed by atoms with Gasteiger partial charge in [-0.2, -0.15) is 9.61 Å². The average molecular weight is 372 g/mol. The lowest BCUT2D eigenvalue weighted by Gasteiger charge is -2.19. The van der Waals surface area contributed by atoms with Gasteiger partial charge in [0, 0.05) is 19.4 Å². The highest BCUT2D eigenvalue weighted by Crippen LogP contribution is 2.22. The van der Waals surface area contributed by atoms with Crippen LogP contribution in [0.25, 0.3) is 4.96 Å². The third-order valence-electron chi connectivity index (χ3n) is 4.31. The van der Waals surface area contributed by atoms with Gasteiger partial charge in [-0.15, -0.1) is 10.2 Å². The molecule has 0 unspecified atom stereocenters. The van der Waals surface area contributed by atoms with Crippen molar-refractivity contribution in [2.75, 3.05) is 6.54 Å². The molecule has 0 atom stereocenters. The smallest absolute Gasteiger partial charge is 0.234 e. The van der Waals surface area contributed by atoms with Crippen LogP contribution in [-0.2, 0) is 23.1 Å². The summed E-state index contributed by atoms with van der Waals surface area (Å²) >= 11 is 1.51. The van der Waals surface area contributed by atoms with Crippen LogP contribution in [-0.4, -0.2) is 32.3 Å². The van der Waals surface area contributed by atoms with Crippen molar-refractivity contribution < 1.29 is 4.79 Å². The van der Waals surface area contributed by atoms with Gasteiger partial charge in [0.1, 0.15) is 5.01 Å². The number of aryl methyl sites for hydroxylation is 2. The number of amides is 1. The molecule has 3 rings (SSSR count). The molecule has 0 saturated carbocycles. The summed E-state index contributed by atoms with van der Waals surface area (Å²) in [6, 6.07) is 8.55. The Hall–Kier alpha value is -2.28. The van der Waals surface area contributed by atoms with E-state index in [9.17, 15) is 4.79 Å². The van der Waals surface area contributed by atoms with Gasteiger partial charge >= 0.3 is 0 Å². The van der Waals surface area contributed by atoms with Gasteiger partial charge in [0.2, 0.25) is 10.9 Å². The minimum atomic E-state index is 0.0732. The molecule has 0 radical (unpaired) electrons. The molecule has 1 aromatic carbocycles. The molecule has 0 saturated heterocycles. The zero-order chi connectivity index (χ0) is 18.7. The van der Waals surface area contributed by atoms with Gasteiger partial charge in [-0.25, -0.2) is 0 Å². The van der Waals surface area contributed by atoms with E-state index in [0.29, 0.717) is 19.4 Å². The van der Waals surface area contributed by atoms with Crippen LogP contribution in [0.4, 0.5) is 0 Å². The Bertz CT molecular complexity index is 889. The number of hydrogen-bond acceptors (Lipinski definition) is 5. The summed E-state index contributed by atoms with van der Waals surface area (Å²) < 4.78 is 1.74. The highest BCUT2D eigenvalue weighted by atomic mass is 32.1. The first-order valence-corrected chi connectivity index (χ1v) is 9.68. The maximum absolute atomic E-state index is 12.1. The van der Waals surface area contributed by atoms with Crippen molar-refractivity contribution >= 4 is 22.2 Å². The summed E-state index contributed by atoms with van der Waals surface area (Å²) in [5.41, 5.74) is 2.66. The molecule has 0 aliphatic rings. The molecule has 138 valence electrons. The number of nitrogens with one attached hydrogen (secondary N) is 1. The van der Waals surface area contributed by atoms with E-state index in [1.54, 1.807) is 4.52 Å². The molecule has 3 aromatic rings. The first-order chi connectivity index (χ1) is 12.3. The molecule has 2 heterocycles. The number of carbonyl (C=O) groups excluding carboxylic acids is 1. The molecule has 0 aliphatic heterocycles. The van der Waals surface area contributed by atoms with Crippen molar-refractivity contribution in [3.05, 3.63) is 46.2 Å². The molecule has 0 spiro atoms. The molecule has 0 aliphatic carbocycles. The fourth-order valence-electron chi connectivity index (χ4n) is 2.68. The SMILES string of the molecule is Cc1nnc2sc(CCNC(=O)CCc3ccc(C(C)(C)C)cc3)nn12. The van der Waals surface area contributed by atoms with Crippen LogP contribution in [0.15, 0.2) is 24.3 Å². The molecule has 26 heavy (non-hydrogen) atoms. The zero-order valence-corrected chi connectivity index (χ0v) is 16.6. The van der Waals surface area contributed by atoms with Gasteiger partial charge in [-0.1, -0.05) is 56.4 Å². The van der Waals surface area contributed by atoms with Gasteiger partial charge < -0.3 is 5.32 Å². The molecular weight excluding hydrogens is 346 g/mol. The van der Waals surface area contributed by atoms with E-state index in [1.807, 2.05) is 6.92 Å². The van der Waals surface area contributed by atoms with E-state index in [1.165, 1.54) is 22.5 Å². The first kappa shape index (κ1) is 18.5. The van der Waals surface area contributed by atoms with Gasteiger partial charge in [-0.3, -0.25) is 4.79 Å². The molecule has 1 amide bonds. The Labute approximate surface area is 157 Å². The number of aromatic nitrogens is 4. The van der Waals surface area contributed by atoms with E-state index in [2.05, 4.69) is 65.6 Å². The number of hydrogen-bond donors (Lipinski definition) is 1. The Morgan fingerprint density at radius 1 is 1.15 bits per heavy atom. The standard InChI is InChI=1S/C19H25N5OS/c1-13-21-22-18-24(13)23-17(26-18)11-12-20-16(25)10-7-14-5-8-15(9-6-14)19(2,3)4/h5-6,8-9H,7,10-12H2,1-4H3,(H,20,25). The highest BCUT2D eigenvalue weighted by molar-refractivity contribution is 7.16. The number of nitrogens with zero attached hydrogens (tertiary/aromatic N) is 4. The Balaban J connectivity index is 1.42. The first-order valence-electron chi connectivity index (χ1n) is 8.87. The predicted octanol–water partition coefficient (Wildman–Crippen LogP) is 3.08. The lowest BCUT2D eigenvalue weighted by molar-refractivity contribution is -0.121. The van der Waals surface area contributed by atoms with E-state index in [-0.39, 0.29) is 11.3 Å². The number of fused-ring (bicyclic) bond motifs is 1. The summed E-state index contributed by atoms with van der Waals surface area (Å²) in [6.07, 6.45) is 1.96. The molecule has 1 N–H and O–H groups in total. The Morgan fingerprint density at radius 2 is 1.88 bits per heavy atom. The molecule has 2 aromatic heterocycles. The van der Waals surface area contributed by atoms with Crippen molar-refractivity contribution in [3.63, 3.8) is 0 Å². The largest absolute Gasteiger partial charge is 0.356 e. The van der Waals surface area contributed by atoms with Crippen LogP contribution >= 0.6 is 11.3 Å². The van der Waals surface area contributed by atoms with Crippen LogP contribution in [0.1, 0.15) is 49.2 Å². The number of rotatable bonds is 6. The van der Waals surface area contributed by atoms with Crippen molar-refractivity contribution in [1.29, 1.82) is 0 Å². The lowest BCUT2D eigenvalue weighted by Crippen LogP contribution is -2.25.